The number of benzene rings is 1. The fourth-order valence-corrected chi connectivity index (χ4v) is 4.02. The van der Waals surface area contributed by atoms with Crippen LogP contribution in [-0.4, -0.2) is 30.3 Å². The van der Waals surface area contributed by atoms with Gasteiger partial charge in [0, 0.05) is 30.3 Å². The van der Waals surface area contributed by atoms with Crippen molar-refractivity contribution >= 4 is 17.4 Å². The first-order valence-electron chi connectivity index (χ1n) is 11.3. The number of imidazole rings is 1. The Bertz CT molecular complexity index is 1220. The third-order valence-corrected chi connectivity index (χ3v) is 5.65. The Balaban J connectivity index is 1.63. The maximum Gasteiger partial charge on any atom is 0.228 e. The quantitative estimate of drug-likeness (QED) is 0.414. The molecule has 7 nitrogen and oxygen atoms in total. The molecule has 0 bridgehead atoms. The summed E-state index contributed by atoms with van der Waals surface area (Å²) >= 11 is 0. The maximum absolute atomic E-state index is 12.7. The fourth-order valence-electron chi connectivity index (χ4n) is 4.02. The van der Waals surface area contributed by atoms with Crippen LogP contribution >= 0.6 is 0 Å². The third-order valence-electron chi connectivity index (χ3n) is 5.65. The summed E-state index contributed by atoms with van der Waals surface area (Å²) in [5.74, 6) is 0.582. The molecule has 0 aliphatic heterocycles. The maximum atomic E-state index is 12.7. The van der Waals surface area contributed by atoms with E-state index >= 15 is 0 Å². The molecule has 0 saturated heterocycles. The highest BCUT2D eigenvalue weighted by Gasteiger charge is 2.19. The molecule has 1 N–H and O–H groups in total. The van der Waals surface area contributed by atoms with Gasteiger partial charge in [0.15, 0.2) is 11.5 Å². The Labute approximate surface area is 188 Å². The standard InChI is InChI=1S/C25H30N6O/c1-5-7-19(8-6-2)25(32)27-22-16-31-23(26-22)14-13-21(28-31)20-15-30(4)29-24(20)18-11-9-17(3)10-12-18/h9-16,19H,5-8H2,1-4H3,(H,27,32). The second-order valence-electron chi connectivity index (χ2n) is 8.34. The van der Waals surface area contributed by atoms with E-state index in [1.54, 1.807) is 15.4 Å². The molecule has 0 saturated carbocycles. The zero-order valence-corrected chi connectivity index (χ0v) is 19.2. The van der Waals surface area contributed by atoms with E-state index < -0.39 is 0 Å². The molecule has 0 spiro atoms. The van der Waals surface area contributed by atoms with E-state index in [0.29, 0.717) is 11.5 Å². The number of aryl methyl sites for hydroxylation is 2. The van der Waals surface area contributed by atoms with Crippen LogP contribution in [0.3, 0.4) is 0 Å². The van der Waals surface area contributed by atoms with Gasteiger partial charge in [-0.05, 0) is 31.9 Å². The highest BCUT2D eigenvalue weighted by atomic mass is 16.1. The van der Waals surface area contributed by atoms with Gasteiger partial charge in [0.25, 0.3) is 0 Å². The van der Waals surface area contributed by atoms with Crippen molar-refractivity contribution in [1.82, 2.24) is 24.4 Å². The molecule has 3 heterocycles. The van der Waals surface area contributed by atoms with Crippen molar-refractivity contribution in [2.24, 2.45) is 13.0 Å². The van der Waals surface area contributed by atoms with Crippen LogP contribution in [0.4, 0.5) is 5.82 Å². The van der Waals surface area contributed by atoms with Gasteiger partial charge in [0.05, 0.1) is 11.9 Å². The number of fused-ring (bicyclic) bond motifs is 1. The largest absolute Gasteiger partial charge is 0.309 e. The Morgan fingerprint density at radius 1 is 1.00 bits per heavy atom. The minimum absolute atomic E-state index is 0.0193. The molecule has 0 aliphatic carbocycles. The molecule has 1 amide bonds. The van der Waals surface area contributed by atoms with Crippen LogP contribution in [0.5, 0.6) is 0 Å². The predicted octanol–water partition coefficient (Wildman–Crippen LogP) is 5.26. The molecule has 0 aliphatic rings. The molecular weight excluding hydrogens is 400 g/mol. The van der Waals surface area contributed by atoms with E-state index in [0.717, 1.165) is 48.2 Å². The molecular formula is C25H30N6O. The van der Waals surface area contributed by atoms with Gasteiger partial charge in [-0.3, -0.25) is 9.48 Å². The number of anilines is 1. The van der Waals surface area contributed by atoms with Gasteiger partial charge >= 0.3 is 0 Å². The topological polar surface area (TPSA) is 77.1 Å². The van der Waals surface area contributed by atoms with Crippen LogP contribution in [0.2, 0.25) is 0 Å². The van der Waals surface area contributed by atoms with Crippen molar-refractivity contribution in [1.29, 1.82) is 0 Å². The smallest absolute Gasteiger partial charge is 0.228 e. The lowest BCUT2D eigenvalue weighted by Crippen LogP contribution is -2.22. The van der Waals surface area contributed by atoms with Crippen molar-refractivity contribution < 1.29 is 4.79 Å². The summed E-state index contributed by atoms with van der Waals surface area (Å²) in [6, 6.07) is 12.2. The zero-order chi connectivity index (χ0) is 22.7. The average Bonchev–Trinajstić information content (AvgIpc) is 3.36. The highest BCUT2D eigenvalue weighted by Crippen LogP contribution is 2.30. The molecule has 4 aromatic rings. The van der Waals surface area contributed by atoms with E-state index in [1.165, 1.54) is 5.56 Å². The SMILES string of the molecule is CCCC(CCC)C(=O)Nc1cn2nc(-c3cn(C)nc3-c3ccc(C)cc3)ccc2n1. The Kier molecular flexibility index (Phi) is 6.35. The lowest BCUT2D eigenvalue weighted by Gasteiger charge is -2.13. The lowest BCUT2D eigenvalue weighted by atomic mass is 9.97. The Hall–Kier alpha value is -3.48. The molecule has 4 rings (SSSR count). The van der Waals surface area contributed by atoms with Gasteiger partial charge in [0.2, 0.25) is 5.91 Å². The summed E-state index contributed by atoms with van der Waals surface area (Å²) in [6.45, 7) is 6.28. The van der Waals surface area contributed by atoms with Crippen LogP contribution in [0.15, 0.2) is 48.8 Å². The number of nitrogens with zero attached hydrogens (tertiary/aromatic N) is 5. The second kappa shape index (κ2) is 9.34. The highest BCUT2D eigenvalue weighted by molar-refractivity contribution is 5.92. The number of hydrogen-bond donors (Lipinski definition) is 1. The molecule has 0 fully saturated rings. The summed E-state index contributed by atoms with van der Waals surface area (Å²) in [7, 11) is 1.91. The van der Waals surface area contributed by atoms with E-state index in [4.69, 9.17) is 5.10 Å². The van der Waals surface area contributed by atoms with Gasteiger partial charge in [-0.2, -0.15) is 10.2 Å². The normalized spacial score (nSPS) is 11.4. The number of carbonyl (C=O) groups is 1. The lowest BCUT2D eigenvalue weighted by molar-refractivity contribution is -0.120. The van der Waals surface area contributed by atoms with Crippen molar-refractivity contribution in [3.05, 3.63) is 54.4 Å². The third kappa shape index (κ3) is 4.56. The van der Waals surface area contributed by atoms with Gasteiger partial charge in [-0.25, -0.2) is 9.50 Å². The number of nitrogens with one attached hydrogen (secondary N) is 1. The van der Waals surface area contributed by atoms with E-state index in [2.05, 4.69) is 60.4 Å². The molecule has 0 atom stereocenters. The molecule has 166 valence electrons. The summed E-state index contributed by atoms with van der Waals surface area (Å²) in [6.07, 6.45) is 7.50. The second-order valence-corrected chi connectivity index (χ2v) is 8.34. The number of hydrogen-bond acceptors (Lipinski definition) is 4. The predicted molar refractivity (Wildman–Crippen MR) is 127 cm³/mol. The summed E-state index contributed by atoms with van der Waals surface area (Å²) in [5.41, 5.74) is 5.57. The van der Waals surface area contributed by atoms with E-state index in [9.17, 15) is 4.79 Å². The Morgan fingerprint density at radius 3 is 2.41 bits per heavy atom. The van der Waals surface area contributed by atoms with Crippen LogP contribution in [0.1, 0.15) is 45.1 Å². The molecule has 1 aromatic carbocycles. The molecule has 32 heavy (non-hydrogen) atoms. The first-order valence-corrected chi connectivity index (χ1v) is 11.3. The van der Waals surface area contributed by atoms with E-state index in [1.807, 2.05) is 25.4 Å². The van der Waals surface area contributed by atoms with Gasteiger partial charge in [-0.15, -0.1) is 0 Å². The molecule has 0 radical (unpaired) electrons. The minimum atomic E-state index is 0.0193. The summed E-state index contributed by atoms with van der Waals surface area (Å²) < 4.78 is 3.52. The average molecular weight is 431 g/mol. The van der Waals surface area contributed by atoms with Crippen molar-refractivity contribution in [2.75, 3.05) is 5.32 Å². The van der Waals surface area contributed by atoms with Gasteiger partial charge < -0.3 is 5.32 Å². The van der Waals surface area contributed by atoms with Crippen LogP contribution < -0.4 is 5.32 Å². The molecule has 0 unspecified atom stereocenters. The first-order chi connectivity index (χ1) is 15.5. The molecule has 7 heteroatoms. The number of amides is 1. The zero-order valence-electron chi connectivity index (χ0n) is 19.2. The number of aromatic nitrogens is 5. The van der Waals surface area contributed by atoms with Crippen LogP contribution in [0, 0.1) is 12.8 Å². The number of carbonyl (C=O) groups excluding carboxylic acids is 1. The summed E-state index contributed by atoms with van der Waals surface area (Å²) in [5, 5.41) is 12.4. The van der Waals surface area contributed by atoms with Crippen molar-refractivity contribution in [3.63, 3.8) is 0 Å². The van der Waals surface area contributed by atoms with Crippen molar-refractivity contribution in [2.45, 2.75) is 46.5 Å². The van der Waals surface area contributed by atoms with Crippen LogP contribution in [0.25, 0.3) is 28.2 Å². The van der Waals surface area contributed by atoms with E-state index in [-0.39, 0.29) is 11.8 Å². The Morgan fingerprint density at radius 2 is 1.72 bits per heavy atom. The van der Waals surface area contributed by atoms with Gasteiger partial charge in [-0.1, -0.05) is 56.5 Å². The van der Waals surface area contributed by atoms with Crippen LogP contribution in [-0.2, 0) is 11.8 Å². The van der Waals surface area contributed by atoms with Gasteiger partial charge in [0.1, 0.15) is 5.69 Å². The molecule has 3 aromatic heterocycles. The number of rotatable bonds is 8. The monoisotopic (exact) mass is 430 g/mol. The first kappa shape index (κ1) is 21.7. The summed E-state index contributed by atoms with van der Waals surface area (Å²) in [4.78, 5) is 17.2. The van der Waals surface area contributed by atoms with Crippen molar-refractivity contribution in [3.8, 4) is 22.5 Å². The minimum Gasteiger partial charge on any atom is -0.309 e. The fraction of sp³-hybridized carbons (Fsp3) is 0.360.